The van der Waals surface area contributed by atoms with Crippen LogP contribution in [0.3, 0.4) is 0 Å². The molecule has 0 N–H and O–H groups in total. The van der Waals surface area contributed by atoms with Gasteiger partial charge >= 0.3 is 0 Å². The minimum Gasteiger partial charge on any atom is -0.266 e. The minimum atomic E-state index is -0.231. The Morgan fingerprint density at radius 3 is 2.79 bits per heavy atom. The molecule has 19 heavy (non-hydrogen) atoms. The molecule has 90 valence electrons. The van der Waals surface area contributed by atoms with Gasteiger partial charge in [0.05, 0.1) is 11.0 Å². The molecule has 3 heterocycles. The monoisotopic (exact) mass is 265 g/mol. The van der Waals surface area contributed by atoms with Gasteiger partial charge in [0.1, 0.15) is 4.70 Å². The average Bonchev–Trinajstić information content (AvgIpc) is 2.73. The second-order valence-corrected chi connectivity index (χ2v) is 5.20. The zero-order valence-electron chi connectivity index (χ0n) is 9.70. The lowest BCUT2D eigenvalue weighted by molar-refractivity contribution is 1.28. The smallest absolute Gasteiger partial charge is 0.266 e. The van der Waals surface area contributed by atoms with Crippen LogP contribution in [-0.2, 0) is 0 Å². The van der Waals surface area contributed by atoms with Crippen molar-refractivity contribution in [3.8, 4) is 0 Å². The lowest BCUT2D eigenvalue weighted by Crippen LogP contribution is -1.98. The molecule has 0 aliphatic carbocycles. The maximum absolute atomic E-state index is 11.9. The van der Waals surface area contributed by atoms with E-state index in [0.717, 1.165) is 21.0 Å². The Kier molecular flexibility index (Phi) is 2.10. The fourth-order valence-electron chi connectivity index (χ4n) is 2.27. The summed E-state index contributed by atoms with van der Waals surface area (Å²) in [5.74, 6) is 0. The molecule has 0 radical (unpaired) electrons. The van der Waals surface area contributed by atoms with Gasteiger partial charge in [-0.1, -0.05) is 6.07 Å². The minimum absolute atomic E-state index is 0.231. The molecule has 0 saturated carbocycles. The molecule has 0 unspecified atom stereocenters. The first-order valence-electron chi connectivity index (χ1n) is 5.76. The fourth-order valence-corrected chi connectivity index (χ4v) is 3.33. The number of hydrogen-bond acceptors (Lipinski definition) is 5. The molecule has 4 rings (SSSR count). The van der Waals surface area contributed by atoms with E-state index in [1.165, 1.54) is 17.5 Å². The van der Waals surface area contributed by atoms with Crippen LogP contribution in [0.2, 0.25) is 0 Å². The van der Waals surface area contributed by atoms with Gasteiger partial charge in [-0.25, -0.2) is 4.98 Å². The highest BCUT2D eigenvalue weighted by atomic mass is 32.1. The van der Waals surface area contributed by atoms with E-state index in [4.69, 9.17) is 0 Å². The Bertz CT molecular complexity index is 994. The first kappa shape index (κ1) is 10.5. The molecule has 3 aromatic heterocycles. The molecular weight excluding hydrogens is 258 g/mol. The molecule has 0 bridgehead atoms. The maximum Gasteiger partial charge on any atom is 0.289 e. The van der Waals surface area contributed by atoms with Crippen molar-refractivity contribution in [1.29, 1.82) is 0 Å². The lowest BCUT2D eigenvalue weighted by Gasteiger charge is -1.97. The molecule has 0 spiro atoms. The van der Waals surface area contributed by atoms with Crippen LogP contribution in [0.15, 0.2) is 47.7 Å². The van der Waals surface area contributed by atoms with Crippen molar-refractivity contribution in [2.75, 3.05) is 0 Å². The van der Waals surface area contributed by atoms with Gasteiger partial charge in [-0.2, -0.15) is 0 Å². The van der Waals surface area contributed by atoms with E-state index in [-0.39, 0.29) is 5.56 Å². The Morgan fingerprint density at radius 2 is 1.84 bits per heavy atom. The molecule has 0 fully saturated rings. The predicted molar refractivity (Wildman–Crippen MR) is 76.5 cm³/mol. The van der Waals surface area contributed by atoms with E-state index in [1.807, 2.05) is 24.3 Å². The van der Waals surface area contributed by atoms with Gasteiger partial charge in [0.25, 0.3) is 5.56 Å². The van der Waals surface area contributed by atoms with Crippen molar-refractivity contribution in [2.24, 2.45) is 0 Å². The second-order valence-electron chi connectivity index (χ2n) is 4.15. The number of hydrogen-bond donors (Lipinski definition) is 0. The van der Waals surface area contributed by atoms with Crippen LogP contribution in [0.1, 0.15) is 0 Å². The molecule has 1 aromatic carbocycles. The number of pyridine rings is 1. The standard InChI is InChI=1S/C14H7N3OS/c18-14-13-12(16-6-7-17-14)11-8-2-1-5-15-9(8)3-4-10(11)19-13/h1-7H. The largest absolute Gasteiger partial charge is 0.289 e. The molecule has 0 amide bonds. The molecule has 0 aliphatic rings. The van der Waals surface area contributed by atoms with E-state index < -0.39 is 0 Å². The summed E-state index contributed by atoms with van der Waals surface area (Å²) in [5, 5.41) is 2.00. The predicted octanol–water partition coefficient (Wildman–Crippen LogP) is 2.75. The first-order chi connectivity index (χ1) is 9.34. The van der Waals surface area contributed by atoms with E-state index >= 15 is 0 Å². The zero-order valence-corrected chi connectivity index (χ0v) is 10.5. The third kappa shape index (κ3) is 1.45. The van der Waals surface area contributed by atoms with Crippen molar-refractivity contribution in [3.63, 3.8) is 0 Å². The van der Waals surface area contributed by atoms with Gasteiger partial charge in [-0.3, -0.25) is 14.8 Å². The van der Waals surface area contributed by atoms with Gasteiger partial charge in [-0.15, -0.1) is 11.3 Å². The highest BCUT2D eigenvalue weighted by Crippen LogP contribution is 2.34. The van der Waals surface area contributed by atoms with E-state index in [1.54, 1.807) is 12.4 Å². The topological polar surface area (TPSA) is 55.7 Å². The van der Waals surface area contributed by atoms with Crippen LogP contribution in [0.25, 0.3) is 31.2 Å². The summed E-state index contributed by atoms with van der Waals surface area (Å²) < 4.78 is 1.63. The van der Waals surface area contributed by atoms with Crippen molar-refractivity contribution < 1.29 is 0 Å². The summed E-state index contributed by atoms with van der Waals surface area (Å²) in [4.78, 5) is 24.5. The number of rotatable bonds is 0. The van der Waals surface area contributed by atoms with Crippen LogP contribution in [0.4, 0.5) is 0 Å². The Hall–Kier alpha value is -2.40. The summed E-state index contributed by atoms with van der Waals surface area (Å²) in [6, 6.07) is 7.84. The fraction of sp³-hybridized carbons (Fsp3) is 0. The highest BCUT2D eigenvalue weighted by molar-refractivity contribution is 7.25. The van der Waals surface area contributed by atoms with Crippen LogP contribution >= 0.6 is 11.3 Å². The van der Waals surface area contributed by atoms with E-state index in [9.17, 15) is 4.79 Å². The summed E-state index contributed by atoms with van der Waals surface area (Å²) in [5.41, 5.74) is 1.38. The van der Waals surface area contributed by atoms with Gasteiger partial charge < -0.3 is 0 Å². The van der Waals surface area contributed by atoms with Crippen molar-refractivity contribution in [1.82, 2.24) is 15.0 Å². The third-order valence-corrected chi connectivity index (χ3v) is 4.20. The van der Waals surface area contributed by atoms with Crippen LogP contribution in [0, 0.1) is 0 Å². The molecule has 0 atom stereocenters. The quantitative estimate of drug-likeness (QED) is 0.490. The van der Waals surface area contributed by atoms with Gasteiger partial charge in [-0.05, 0) is 18.2 Å². The number of nitrogens with zero attached hydrogens (tertiary/aromatic N) is 3. The average molecular weight is 265 g/mol. The van der Waals surface area contributed by atoms with Gasteiger partial charge in [0, 0.05) is 34.1 Å². The first-order valence-corrected chi connectivity index (χ1v) is 6.57. The number of aromatic nitrogens is 3. The normalized spacial score (nSPS) is 11.4. The Balaban J connectivity index is 2.41. The summed E-state index contributed by atoms with van der Waals surface area (Å²) in [7, 11) is 0. The molecule has 5 heteroatoms. The van der Waals surface area contributed by atoms with Crippen molar-refractivity contribution in [2.45, 2.75) is 0 Å². The zero-order chi connectivity index (χ0) is 12.8. The summed E-state index contributed by atoms with van der Waals surface area (Å²) in [6.07, 6.45) is 4.76. The molecule has 0 saturated heterocycles. The second kappa shape index (κ2) is 3.80. The van der Waals surface area contributed by atoms with Crippen LogP contribution in [0.5, 0.6) is 0 Å². The number of benzene rings is 1. The third-order valence-electron chi connectivity index (χ3n) is 3.07. The molecule has 0 aliphatic heterocycles. The maximum atomic E-state index is 11.9. The number of fused-ring (bicyclic) bond motifs is 5. The van der Waals surface area contributed by atoms with E-state index in [0.29, 0.717) is 10.2 Å². The number of thiophene rings is 1. The lowest BCUT2D eigenvalue weighted by atomic mass is 10.1. The van der Waals surface area contributed by atoms with Crippen molar-refractivity contribution in [3.05, 3.63) is 53.2 Å². The summed E-state index contributed by atoms with van der Waals surface area (Å²) in [6.45, 7) is 0. The van der Waals surface area contributed by atoms with Gasteiger partial charge in [0.2, 0.25) is 0 Å². The van der Waals surface area contributed by atoms with Crippen molar-refractivity contribution >= 4 is 42.5 Å². The van der Waals surface area contributed by atoms with Crippen LogP contribution in [-0.4, -0.2) is 15.0 Å². The Labute approximate surface area is 111 Å². The molecular formula is C14H7N3OS. The SMILES string of the molecule is O=c1nccnc2c1sc1ccc3ncccc3c12. The molecule has 4 nitrogen and oxygen atoms in total. The van der Waals surface area contributed by atoms with E-state index in [2.05, 4.69) is 15.0 Å². The molecule has 4 aromatic rings. The van der Waals surface area contributed by atoms with Gasteiger partial charge in [0.15, 0.2) is 0 Å². The highest BCUT2D eigenvalue weighted by Gasteiger charge is 2.11. The summed E-state index contributed by atoms with van der Waals surface area (Å²) >= 11 is 1.43. The Morgan fingerprint density at radius 1 is 0.947 bits per heavy atom. The van der Waals surface area contributed by atoms with Crippen LogP contribution < -0.4 is 5.56 Å².